The number of hydrogen-bond acceptors (Lipinski definition) is 3. The number of rotatable bonds is 4. The van der Waals surface area contributed by atoms with E-state index in [1.807, 2.05) is 24.3 Å². The van der Waals surface area contributed by atoms with Gasteiger partial charge in [-0.3, -0.25) is 0 Å². The Kier molecular flexibility index (Phi) is 8.11. The largest absolute Gasteiger partial charge is 0.238 e. The molecule has 4 heteroatoms. The zero-order chi connectivity index (χ0) is 42.5. The molecular weight excluding hydrogens is 813 g/mol. The average molecular weight is 845 g/mol. The topological polar surface area (TPSA) is 28.1 Å². The summed E-state index contributed by atoms with van der Waals surface area (Å²) in [6.07, 6.45) is 0. The van der Waals surface area contributed by atoms with Crippen molar-refractivity contribution in [2.24, 2.45) is 0 Å². The second-order valence-corrected chi connectivity index (χ2v) is 18.7. The van der Waals surface area contributed by atoms with E-state index in [0.717, 1.165) is 31.7 Å². The van der Waals surface area contributed by atoms with Gasteiger partial charge < -0.3 is 0 Å². The Morgan fingerprint density at radius 3 is 1.30 bits per heavy atom. The molecule has 0 aliphatic heterocycles. The minimum absolute atomic E-state index is 0.671. The van der Waals surface area contributed by atoms with Gasteiger partial charge in [-0.05, 0) is 135 Å². The van der Waals surface area contributed by atoms with Gasteiger partial charge in [0, 0.05) is 35.0 Å². The fraction of sp³-hybridized carbons (Fsp3) is 0. The molecule has 294 valence electrons. The van der Waals surface area contributed by atoms with Crippen molar-refractivity contribution in [3.8, 4) is 50.6 Å². The molecule has 13 aromatic rings. The van der Waals surface area contributed by atoms with Crippen molar-refractivity contribution >= 4 is 112 Å². The average Bonchev–Trinajstić information content (AvgIpc) is 3.91. The molecule has 0 aliphatic carbocycles. The van der Waals surface area contributed by atoms with Crippen LogP contribution in [0.25, 0.3) is 133 Å². The number of hydrogen-bond donors (Lipinski definition) is 0. The minimum Gasteiger partial charge on any atom is -0.238 e. The van der Waals surface area contributed by atoms with Crippen LogP contribution in [0.4, 0.5) is 5.69 Å². The van der Waals surface area contributed by atoms with Gasteiger partial charge in [-0.1, -0.05) is 152 Å². The summed E-state index contributed by atoms with van der Waals surface area (Å²) in [6.45, 7) is 7.58. The quantitative estimate of drug-likeness (QED) is 0.128. The Labute approximate surface area is 376 Å². The molecule has 64 heavy (non-hydrogen) atoms. The fourth-order valence-corrected chi connectivity index (χ4v) is 12.5. The highest BCUT2D eigenvalue weighted by Gasteiger charge is 2.21. The van der Waals surface area contributed by atoms with E-state index in [-0.39, 0.29) is 0 Å². The maximum atomic E-state index is 9.61. The molecule has 2 heterocycles. The molecule has 0 amide bonds. The van der Waals surface area contributed by atoms with Crippen molar-refractivity contribution in [2.45, 2.75) is 0 Å². The first-order valence-corrected chi connectivity index (χ1v) is 22.9. The first-order valence-electron chi connectivity index (χ1n) is 21.3. The van der Waals surface area contributed by atoms with Crippen molar-refractivity contribution in [3.05, 3.63) is 211 Å². The van der Waals surface area contributed by atoms with E-state index < -0.39 is 0 Å². The van der Waals surface area contributed by atoms with Crippen molar-refractivity contribution in [1.82, 2.24) is 0 Å². The Hall–Kier alpha value is -8.12. The monoisotopic (exact) mass is 844 g/mol. The van der Waals surface area contributed by atoms with Crippen molar-refractivity contribution in [1.29, 1.82) is 5.26 Å². The van der Waals surface area contributed by atoms with Gasteiger partial charge in [-0.2, -0.15) is 5.26 Å². The van der Waals surface area contributed by atoms with E-state index in [9.17, 15) is 5.26 Å². The Balaban J connectivity index is 1.11. The van der Waals surface area contributed by atoms with Crippen LogP contribution in [0.15, 0.2) is 194 Å². The molecule has 0 unspecified atom stereocenters. The lowest BCUT2D eigenvalue weighted by molar-refractivity contribution is 1.50. The molecule has 0 spiro atoms. The molecule has 2 nitrogen and oxygen atoms in total. The lowest BCUT2D eigenvalue weighted by atomic mass is 9.82. The number of nitriles is 1. The Morgan fingerprint density at radius 1 is 0.359 bits per heavy atom. The first-order chi connectivity index (χ1) is 31.6. The summed E-state index contributed by atoms with van der Waals surface area (Å²) in [7, 11) is 0. The molecule has 11 aromatic carbocycles. The molecule has 13 rings (SSSR count). The van der Waals surface area contributed by atoms with Gasteiger partial charge in [0.1, 0.15) is 0 Å². The van der Waals surface area contributed by atoms with Gasteiger partial charge in [0.15, 0.2) is 5.69 Å². The molecular formula is C60H32N2S2. The zero-order valence-corrected chi connectivity index (χ0v) is 35.8. The van der Waals surface area contributed by atoms with Crippen LogP contribution in [-0.4, -0.2) is 0 Å². The van der Waals surface area contributed by atoms with E-state index >= 15 is 0 Å². The van der Waals surface area contributed by atoms with Crippen LogP contribution in [0.1, 0.15) is 5.56 Å². The molecule has 0 bridgehead atoms. The molecule has 0 N–H and O–H groups in total. The molecule has 2 aromatic heterocycles. The molecule has 0 saturated carbocycles. The van der Waals surface area contributed by atoms with Gasteiger partial charge >= 0.3 is 0 Å². The second kappa shape index (κ2) is 14.2. The lowest BCUT2D eigenvalue weighted by Gasteiger charge is -2.21. The Morgan fingerprint density at radius 2 is 0.781 bits per heavy atom. The summed E-state index contributed by atoms with van der Waals surface area (Å²) in [5.74, 6) is 0. The summed E-state index contributed by atoms with van der Waals surface area (Å²) in [4.78, 5) is 3.70. The summed E-state index contributed by atoms with van der Waals surface area (Å²) >= 11 is 3.50. The predicted molar refractivity (Wildman–Crippen MR) is 275 cm³/mol. The van der Waals surface area contributed by atoms with E-state index in [4.69, 9.17) is 6.57 Å². The van der Waals surface area contributed by atoms with Crippen LogP contribution in [0, 0.1) is 17.9 Å². The lowest BCUT2D eigenvalue weighted by Crippen LogP contribution is -1.94. The minimum atomic E-state index is 0.671. The third kappa shape index (κ3) is 5.61. The number of benzene rings is 11. The molecule has 0 fully saturated rings. The van der Waals surface area contributed by atoms with Gasteiger partial charge in [0.25, 0.3) is 0 Å². The maximum Gasteiger partial charge on any atom is 0.188 e. The molecule has 0 saturated heterocycles. The van der Waals surface area contributed by atoms with Gasteiger partial charge in [-0.25, -0.2) is 4.85 Å². The van der Waals surface area contributed by atoms with Gasteiger partial charge in [0.05, 0.1) is 18.2 Å². The molecule has 0 aliphatic rings. The second-order valence-electron chi connectivity index (χ2n) is 16.6. The zero-order valence-electron chi connectivity index (χ0n) is 34.2. The van der Waals surface area contributed by atoms with E-state index in [1.54, 1.807) is 22.7 Å². The van der Waals surface area contributed by atoms with Crippen LogP contribution >= 0.6 is 22.7 Å². The standard InChI is InChI=1S/C60H32N2S2/c1-62-42-21-27-48-47-24-18-41(32-57(47)64-58(48)33-42)39-20-26-52-54(30-39)60(50-15-7-11-37-9-3-5-13-44(37)50)51-25-19-38(29-53(51)59(52)49-14-6-10-36-8-2-4-12-43(36)49)40-17-23-46-45-22-16-35(34-61)28-55(45)63-56(46)31-40/h2-33H. The highest BCUT2D eigenvalue weighted by atomic mass is 32.1. The SMILES string of the molecule is [C-]#[N+]c1ccc2c(c1)sc1cc(-c3ccc4c(-c5cccc6ccccc56)c5cc(-c6ccc7c(c6)sc6cc(C#N)ccc67)ccc5c(-c5cccc6ccccc56)c4c3)ccc12. The molecule has 0 radical (unpaired) electrons. The first kappa shape index (κ1) is 36.5. The number of fused-ring (bicyclic) bond motifs is 10. The van der Waals surface area contributed by atoms with E-state index in [1.165, 1.54) is 96.3 Å². The highest BCUT2D eigenvalue weighted by molar-refractivity contribution is 7.26. The van der Waals surface area contributed by atoms with Gasteiger partial charge in [0.2, 0.25) is 0 Å². The van der Waals surface area contributed by atoms with Crippen LogP contribution < -0.4 is 0 Å². The predicted octanol–water partition coefficient (Wildman–Crippen LogP) is 18.1. The summed E-state index contributed by atoms with van der Waals surface area (Å²) < 4.78 is 4.70. The third-order valence-electron chi connectivity index (χ3n) is 13.1. The maximum absolute atomic E-state index is 9.61. The third-order valence-corrected chi connectivity index (χ3v) is 15.3. The Bertz CT molecular complexity index is 3950. The van der Waals surface area contributed by atoms with Gasteiger partial charge in [-0.15, -0.1) is 22.7 Å². The number of thiophene rings is 2. The molecule has 0 atom stereocenters. The van der Waals surface area contributed by atoms with Crippen molar-refractivity contribution in [3.63, 3.8) is 0 Å². The van der Waals surface area contributed by atoms with Crippen LogP contribution in [0.2, 0.25) is 0 Å². The number of nitrogens with zero attached hydrogens (tertiary/aromatic N) is 2. The highest BCUT2D eigenvalue weighted by Crippen LogP contribution is 2.49. The summed E-state index contributed by atoms with van der Waals surface area (Å²) in [5, 5.41) is 24.1. The fourth-order valence-electron chi connectivity index (χ4n) is 10.1. The summed E-state index contributed by atoms with van der Waals surface area (Å²) in [5.41, 5.74) is 10.9. The van der Waals surface area contributed by atoms with Crippen LogP contribution in [0.3, 0.4) is 0 Å². The summed E-state index contributed by atoms with van der Waals surface area (Å²) in [6, 6.07) is 73.0. The van der Waals surface area contributed by atoms with Crippen LogP contribution in [-0.2, 0) is 0 Å². The van der Waals surface area contributed by atoms with Crippen LogP contribution in [0.5, 0.6) is 0 Å². The normalized spacial score (nSPS) is 11.7. The van der Waals surface area contributed by atoms with Crippen molar-refractivity contribution in [2.75, 3.05) is 0 Å². The van der Waals surface area contributed by atoms with E-state index in [2.05, 4.69) is 181 Å². The van der Waals surface area contributed by atoms with Crippen molar-refractivity contribution < 1.29 is 0 Å². The van der Waals surface area contributed by atoms with E-state index in [0.29, 0.717) is 11.3 Å². The smallest absolute Gasteiger partial charge is 0.188 e.